The van der Waals surface area contributed by atoms with Crippen molar-refractivity contribution in [2.45, 2.75) is 45.8 Å². The maximum atomic E-state index is 13.9. The number of halogens is 1. The molecule has 0 saturated heterocycles. The molecule has 2 heteroatoms. The van der Waals surface area contributed by atoms with Gasteiger partial charge in [-0.15, -0.1) is 0 Å². The topological polar surface area (TPSA) is 12.0 Å². The van der Waals surface area contributed by atoms with Crippen molar-refractivity contribution in [1.82, 2.24) is 5.32 Å². The van der Waals surface area contributed by atoms with Crippen LogP contribution in [0.4, 0.5) is 4.39 Å². The second-order valence-corrected chi connectivity index (χ2v) is 5.20. The maximum Gasteiger partial charge on any atom is 0.138 e. The Morgan fingerprint density at radius 3 is 2.56 bits per heavy atom. The van der Waals surface area contributed by atoms with Crippen molar-refractivity contribution in [3.8, 4) is 0 Å². The summed E-state index contributed by atoms with van der Waals surface area (Å²) < 4.78 is 13.9. The summed E-state index contributed by atoms with van der Waals surface area (Å²) in [6, 6.07) is 7.77. The number of hydrogen-bond donors (Lipinski definition) is 1. The molecular weight excluding hydrogens is 201 g/mol. The standard InChI is InChI=1S/C14H22FN/c1-5-11-7-6-8-12(9-11)13(15)10-16-14(2,3)4/h6-9,13,16H,5,10H2,1-4H3. The zero-order chi connectivity index (χ0) is 12.2. The van der Waals surface area contributed by atoms with Gasteiger partial charge >= 0.3 is 0 Å². The van der Waals surface area contributed by atoms with E-state index in [9.17, 15) is 4.39 Å². The van der Waals surface area contributed by atoms with Gasteiger partial charge in [-0.2, -0.15) is 0 Å². The third-order valence-corrected chi connectivity index (χ3v) is 2.53. The van der Waals surface area contributed by atoms with Gasteiger partial charge in [0.05, 0.1) is 0 Å². The molecule has 0 aliphatic rings. The van der Waals surface area contributed by atoms with E-state index in [2.05, 4.69) is 12.2 Å². The molecule has 16 heavy (non-hydrogen) atoms. The molecule has 0 spiro atoms. The summed E-state index contributed by atoms with van der Waals surface area (Å²) >= 11 is 0. The predicted octanol–water partition coefficient (Wildman–Crippen LogP) is 3.65. The van der Waals surface area contributed by atoms with E-state index >= 15 is 0 Å². The summed E-state index contributed by atoms with van der Waals surface area (Å²) in [5.41, 5.74) is 1.93. The van der Waals surface area contributed by atoms with E-state index in [0.717, 1.165) is 12.0 Å². The smallest absolute Gasteiger partial charge is 0.138 e. The molecular formula is C14H22FN. The minimum Gasteiger partial charge on any atom is -0.309 e. The van der Waals surface area contributed by atoms with Crippen LogP contribution in [0.3, 0.4) is 0 Å². The second-order valence-electron chi connectivity index (χ2n) is 5.20. The zero-order valence-corrected chi connectivity index (χ0v) is 10.7. The van der Waals surface area contributed by atoms with Crippen molar-refractivity contribution < 1.29 is 4.39 Å². The monoisotopic (exact) mass is 223 g/mol. The molecule has 0 aromatic heterocycles. The first-order valence-electron chi connectivity index (χ1n) is 5.90. The lowest BCUT2D eigenvalue weighted by molar-refractivity contribution is 0.291. The average molecular weight is 223 g/mol. The Bertz CT molecular complexity index is 328. The van der Waals surface area contributed by atoms with Crippen molar-refractivity contribution in [2.24, 2.45) is 0 Å². The van der Waals surface area contributed by atoms with Crippen LogP contribution in [-0.4, -0.2) is 12.1 Å². The SMILES string of the molecule is CCc1cccc(C(F)CNC(C)(C)C)c1. The van der Waals surface area contributed by atoms with Crippen LogP contribution < -0.4 is 5.32 Å². The highest BCUT2D eigenvalue weighted by Crippen LogP contribution is 2.19. The largest absolute Gasteiger partial charge is 0.309 e. The van der Waals surface area contributed by atoms with E-state index in [1.54, 1.807) is 0 Å². The van der Waals surface area contributed by atoms with Crippen LogP contribution in [0.25, 0.3) is 0 Å². The molecule has 0 amide bonds. The number of nitrogens with one attached hydrogen (secondary N) is 1. The van der Waals surface area contributed by atoms with E-state index < -0.39 is 6.17 Å². The molecule has 1 N–H and O–H groups in total. The molecule has 1 rings (SSSR count). The molecule has 1 nitrogen and oxygen atoms in total. The Labute approximate surface area is 98.1 Å². The van der Waals surface area contributed by atoms with Crippen LogP contribution in [0.15, 0.2) is 24.3 Å². The quantitative estimate of drug-likeness (QED) is 0.821. The summed E-state index contributed by atoms with van der Waals surface area (Å²) in [5.74, 6) is 0. The normalized spacial score (nSPS) is 13.8. The second kappa shape index (κ2) is 5.44. The Morgan fingerprint density at radius 1 is 1.31 bits per heavy atom. The van der Waals surface area contributed by atoms with Gasteiger partial charge in [0.1, 0.15) is 6.17 Å². The molecule has 1 unspecified atom stereocenters. The fraction of sp³-hybridized carbons (Fsp3) is 0.571. The molecule has 0 aliphatic carbocycles. The van der Waals surface area contributed by atoms with E-state index in [4.69, 9.17) is 0 Å². The van der Waals surface area contributed by atoms with E-state index in [1.165, 1.54) is 5.56 Å². The first-order chi connectivity index (χ1) is 7.42. The molecule has 1 atom stereocenters. The van der Waals surface area contributed by atoms with E-state index in [-0.39, 0.29) is 5.54 Å². The minimum absolute atomic E-state index is 0.0350. The molecule has 1 aromatic carbocycles. The molecule has 0 radical (unpaired) electrons. The third kappa shape index (κ3) is 4.31. The Balaban J connectivity index is 2.62. The van der Waals surface area contributed by atoms with Gasteiger partial charge in [-0.3, -0.25) is 0 Å². The summed E-state index contributed by atoms with van der Waals surface area (Å²) in [5, 5.41) is 3.18. The Kier molecular flexibility index (Phi) is 4.48. The lowest BCUT2D eigenvalue weighted by Gasteiger charge is -2.22. The van der Waals surface area contributed by atoms with Gasteiger partial charge in [-0.25, -0.2) is 4.39 Å². The van der Waals surface area contributed by atoms with Crippen molar-refractivity contribution in [3.05, 3.63) is 35.4 Å². The fourth-order valence-corrected chi connectivity index (χ4v) is 1.52. The van der Waals surface area contributed by atoms with Gasteiger partial charge in [-0.05, 0) is 38.3 Å². The van der Waals surface area contributed by atoms with Gasteiger partial charge in [0.25, 0.3) is 0 Å². The molecule has 0 heterocycles. The Morgan fingerprint density at radius 2 is 2.00 bits per heavy atom. The lowest BCUT2D eigenvalue weighted by Crippen LogP contribution is -2.37. The van der Waals surface area contributed by atoms with Crippen molar-refractivity contribution in [1.29, 1.82) is 0 Å². The summed E-state index contributed by atoms with van der Waals surface area (Å²) in [7, 11) is 0. The molecule has 0 bridgehead atoms. The fourth-order valence-electron chi connectivity index (χ4n) is 1.52. The summed E-state index contributed by atoms with van der Waals surface area (Å²) in [6.07, 6.45) is 0.0264. The van der Waals surface area contributed by atoms with Crippen molar-refractivity contribution in [3.63, 3.8) is 0 Å². The van der Waals surface area contributed by atoms with Gasteiger partial charge in [0.2, 0.25) is 0 Å². The molecule has 0 saturated carbocycles. The molecule has 90 valence electrons. The van der Waals surface area contributed by atoms with Crippen molar-refractivity contribution >= 4 is 0 Å². The Hall–Kier alpha value is -0.890. The highest BCUT2D eigenvalue weighted by Gasteiger charge is 2.14. The van der Waals surface area contributed by atoms with Crippen molar-refractivity contribution in [2.75, 3.05) is 6.54 Å². The van der Waals surface area contributed by atoms with E-state index in [1.807, 2.05) is 45.0 Å². The highest BCUT2D eigenvalue weighted by atomic mass is 19.1. The van der Waals surface area contributed by atoms with Crippen LogP contribution >= 0.6 is 0 Å². The van der Waals surface area contributed by atoms with Gasteiger partial charge < -0.3 is 5.32 Å². The van der Waals surface area contributed by atoms with Crippen LogP contribution in [0.5, 0.6) is 0 Å². The lowest BCUT2D eigenvalue weighted by atomic mass is 10.0. The summed E-state index contributed by atoms with van der Waals surface area (Å²) in [6.45, 7) is 8.59. The molecule has 0 fully saturated rings. The summed E-state index contributed by atoms with van der Waals surface area (Å²) in [4.78, 5) is 0. The van der Waals surface area contributed by atoms with Gasteiger partial charge in [0, 0.05) is 12.1 Å². The first-order valence-corrected chi connectivity index (χ1v) is 5.90. The number of aryl methyl sites for hydroxylation is 1. The third-order valence-electron chi connectivity index (χ3n) is 2.53. The number of hydrogen-bond acceptors (Lipinski definition) is 1. The molecule has 0 aliphatic heterocycles. The predicted molar refractivity (Wildman–Crippen MR) is 67.4 cm³/mol. The zero-order valence-electron chi connectivity index (χ0n) is 10.7. The van der Waals surface area contributed by atoms with Gasteiger partial charge in [0.15, 0.2) is 0 Å². The molecule has 1 aromatic rings. The number of benzene rings is 1. The van der Waals surface area contributed by atoms with Crippen LogP contribution in [-0.2, 0) is 6.42 Å². The van der Waals surface area contributed by atoms with Crippen LogP contribution in [0, 0.1) is 0 Å². The van der Waals surface area contributed by atoms with Gasteiger partial charge in [-0.1, -0.05) is 31.2 Å². The van der Waals surface area contributed by atoms with Crippen LogP contribution in [0.1, 0.15) is 45.0 Å². The van der Waals surface area contributed by atoms with Crippen LogP contribution in [0.2, 0.25) is 0 Å². The van der Waals surface area contributed by atoms with E-state index in [0.29, 0.717) is 6.54 Å². The average Bonchev–Trinajstić information content (AvgIpc) is 2.25. The highest BCUT2D eigenvalue weighted by molar-refractivity contribution is 5.25. The maximum absolute atomic E-state index is 13.9. The number of alkyl halides is 1. The first kappa shape index (κ1) is 13.2. The number of rotatable bonds is 4. The minimum atomic E-state index is -0.925.